The molecule has 0 amide bonds. The average Bonchev–Trinajstić information content (AvgIpc) is 3.11. The zero-order chi connectivity index (χ0) is 17.4. The monoisotopic (exact) mass is 332 g/mol. The molecule has 0 aliphatic heterocycles. The van der Waals surface area contributed by atoms with Gasteiger partial charge in [0, 0.05) is 32.0 Å². The molecule has 2 nitrogen and oxygen atoms in total. The molecule has 0 heterocycles. The Hall–Kier alpha value is -3.52. The van der Waals surface area contributed by atoms with Crippen LogP contribution < -0.4 is 10.9 Å². The molecule has 0 N–H and O–H groups in total. The SMILES string of the molecule is O=c1/c(=c2/c(=O)c3cccc4cccc2c43)c2cccc3cccc1c32. The zero-order valence-corrected chi connectivity index (χ0v) is 13.7. The smallest absolute Gasteiger partial charge is 0.195 e. The van der Waals surface area contributed by atoms with Crippen molar-refractivity contribution in [3.8, 4) is 0 Å². The molecule has 0 aromatic heterocycles. The lowest BCUT2D eigenvalue weighted by Crippen LogP contribution is -2.02. The Morgan fingerprint density at radius 1 is 0.423 bits per heavy atom. The minimum atomic E-state index is -0.0510. The Bertz CT molecular complexity index is 1530. The van der Waals surface area contributed by atoms with Crippen LogP contribution in [-0.4, -0.2) is 0 Å². The van der Waals surface area contributed by atoms with Gasteiger partial charge in [-0.15, -0.1) is 0 Å². The van der Waals surface area contributed by atoms with Crippen LogP contribution in [0, 0.1) is 10.4 Å². The quantitative estimate of drug-likeness (QED) is 0.407. The highest BCUT2D eigenvalue weighted by Crippen LogP contribution is 2.30. The van der Waals surface area contributed by atoms with Gasteiger partial charge in [0.2, 0.25) is 0 Å². The molecule has 0 unspecified atom stereocenters. The van der Waals surface area contributed by atoms with Gasteiger partial charge >= 0.3 is 0 Å². The van der Waals surface area contributed by atoms with Gasteiger partial charge in [-0.1, -0.05) is 72.8 Å². The lowest BCUT2D eigenvalue weighted by atomic mass is 10.1. The van der Waals surface area contributed by atoms with Crippen LogP contribution in [0.1, 0.15) is 0 Å². The van der Waals surface area contributed by atoms with Crippen LogP contribution in [0.2, 0.25) is 0 Å². The van der Waals surface area contributed by atoms with Crippen molar-refractivity contribution < 1.29 is 0 Å². The van der Waals surface area contributed by atoms with Crippen LogP contribution in [0.25, 0.3) is 43.1 Å². The van der Waals surface area contributed by atoms with Crippen molar-refractivity contribution in [2.24, 2.45) is 0 Å². The second-order valence-electron chi connectivity index (χ2n) is 6.83. The molecular formula is C24H12O2. The van der Waals surface area contributed by atoms with Crippen molar-refractivity contribution in [2.45, 2.75) is 0 Å². The molecule has 0 saturated carbocycles. The average molecular weight is 332 g/mol. The number of rotatable bonds is 0. The van der Waals surface area contributed by atoms with E-state index in [0.717, 1.165) is 32.3 Å². The fourth-order valence-corrected chi connectivity index (χ4v) is 4.49. The van der Waals surface area contributed by atoms with Gasteiger partial charge in [-0.25, -0.2) is 0 Å². The summed E-state index contributed by atoms with van der Waals surface area (Å²) in [6.07, 6.45) is 0. The first-order valence-corrected chi connectivity index (χ1v) is 8.63. The molecule has 0 aliphatic carbocycles. The van der Waals surface area contributed by atoms with E-state index >= 15 is 0 Å². The zero-order valence-electron chi connectivity index (χ0n) is 13.7. The molecule has 2 heteroatoms. The normalized spacial score (nSPS) is 13.5. The summed E-state index contributed by atoms with van der Waals surface area (Å²) in [5.41, 5.74) is -0.102. The summed E-state index contributed by atoms with van der Waals surface area (Å²) in [5.74, 6) is 0. The lowest BCUT2D eigenvalue weighted by Gasteiger charge is -1.97. The second kappa shape index (κ2) is 4.55. The highest BCUT2D eigenvalue weighted by Gasteiger charge is 2.16. The molecule has 0 radical (unpaired) electrons. The maximum absolute atomic E-state index is 13.3. The first-order valence-electron chi connectivity index (χ1n) is 8.63. The van der Waals surface area contributed by atoms with Crippen molar-refractivity contribution in [3.63, 3.8) is 0 Å². The molecule has 120 valence electrons. The third kappa shape index (κ3) is 1.48. The predicted octanol–water partition coefficient (Wildman–Crippen LogP) is 4.62. The standard InChI is InChI=1S/C24H12O2/c25-23-17-11-3-7-13-5-1-9-15(19(13)17)21(23)22-16-10-2-6-14-8-4-12-18(20(14)16)24(22)26/h1-12H/b22-21+. The van der Waals surface area contributed by atoms with E-state index in [9.17, 15) is 9.59 Å². The van der Waals surface area contributed by atoms with Gasteiger partial charge in [0.15, 0.2) is 10.9 Å². The largest absolute Gasteiger partial charge is 0.289 e. The van der Waals surface area contributed by atoms with Crippen LogP contribution in [0.4, 0.5) is 0 Å². The number of hydrogen-bond donors (Lipinski definition) is 0. The van der Waals surface area contributed by atoms with Gasteiger partial charge in [-0.05, 0) is 21.5 Å². The van der Waals surface area contributed by atoms with Crippen molar-refractivity contribution in [3.05, 3.63) is 104 Å². The molecule has 26 heavy (non-hydrogen) atoms. The van der Waals surface area contributed by atoms with Gasteiger partial charge in [0.25, 0.3) is 0 Å². The predicted molar refractivity (Wildman–Crippen MR) is 107 cm³/mol. The summed E-state index contributed by atoms with van der Waals surface area (Å²) in [6, 6.07) is 23.4. The fraction of sp³-hybridized carbons (Fsp3) is 0. The molecule has 0 atom stereocenters. The van der Waals surface area contributed by atoms with E-state index < -0.39 is 0 Å². The number of benzene rings is 4. The molecule has 6 rings (SSSR count). The van der Waals surface area contributed by atoms with E-state index in [1.54, 1.807) is 0 Å². The topological polar surface area (TPSA) is 34.1 Å². The molecule has 0 aliphatic rings. The third-order valence-electron chi connectivity index (χ3n) is 5.54. The summed E-state index contributed by atoms with van der Waals surface area (Å²) in [5, 5.41) is 8.20. The van der Waals surface area contributed by atoms with E-state index in [-0.39, 0.29) is 10.9 Å². The molecule has 0 bridgehead atoms. The van der Waals surface area contributed by atoms with E-state index in [1.165, 1.54) is 0 Å². The Kier molecular flexibility index (Phi) is 2.41. The maximum Gasteiger partial charge on any atom is 0.195 e. The molecule has 0 spiro atoms. The third-order valence-corrected chi connectivity index (χ3v) is 5.54. The van der Waals surface area contributed by atoms with E-state index in [2.05, 4.69) is 0 Å². The van der Waals surface area contributed by atoms with Crippen LogP contribution in [0.3, 0.4) is 0 Å². The molecular weight excluding hydrogens is 320 g/mol. The molecule has 6 aromatic carbocycles. The van der Waals surface area contributed by atoms with E-state index in [4.69, 9.17) is 0 Å². The Labute approximate surface area is 147 Å². The Balaban J connectivity index is 2.13. The fourth-order valence-electron chi connectivity index (χ4n) is 4.49. The van der Waals surface area contributed by atoms with Crippen LogP contribution in [-0.2, 0) is 0 Å². The number of hydrogen-bond acceptors (Lipinski definition) is 2. The Morgan fingerprint density at radius 2 is 0.769 bits per heavy atom. The van der Waals surface area contributed by atoms with Gasteiger partial charge < -0.3 is 0 Å². The van der Waals surface area contributed by atoms with Gasteiger partial charge in [0.1, 0.15) is 0 Å². The van der Waals surface area contributed by atoms with Crippen LogP contribution in [0.5, 0.6) is 0 Å². The van der Waals surface area contributed by atoms with Gasteiger partial charge in [-0.3, -0.25) is 9.59 Å². The van der Waals surface area contributed by atoms with Crippen LogP contribution in [0.15, 0.2) is 82.4 Å². The first kappa shape index (κ1) is 13.7. The minimum Gasteiger partial charge on any atom is -0.289 e. The summed E-state index contributed by atoms with van der Waals surface area (Å²) in [6.45, 7) is 0. The van der Waals surface area contributed by atoms with E-state index in [0.29, 0.717) is 21.2 Å². The second-order valence-corrected chi connectivity index (χ2v) is 6.83. The summed E-state index contributed by atoms with van der Waals surface area (Å²) < 4.78 is 0. The molecule has 6 aromatic rings. The van der Waals surface area contributed by atoms with Gasteiger partial charge in [0.05, 0.1) is 0 Å². The Morgan fingerprint density at radius 3 is 1.15 bits per heavy atom. The van der Waals surface area contributed by atoms with Crippen LogP contribution >= 0.6 is 0 Å². The van der Waals surface area contributed by atoms with Crippen molar-refractivity contribution in [1.82, 2.24) is 0 Å². The molecule has 0 saturated heterocycles. The lowest BCUT2D eigenvalue weighted by molar-refractivity contribution is 1.56. The summed E-state index contributed by atoms with van der Waals surface area (Å²) in [4.78, 5) is 26.5. The minimum absolute atomic E-state index is 0.0510. The summed E-state index contributed by atoms with van der Waals surface area (Å²) >= 11 is 0. The van der Waals surface area contributed by atoms with Crippen molar-refractivity contribution >= 4 is 43.1 Å². The summed E-state index contributed by atoms with van der Waals surface area (Å²) in [7, 11) is 0. The maximum atomic E-state index is 13.3. The van der Waals surface area contributed by atoms with Gasteiger partial charge in [-0.2, -0.15) is 0 Å². The molecule has 0 fully saturated rings. The van der Waals surface area contributed by atoms with Crippen molar-refractivity contribution in [2.75, 3.05) is 0 Å². The van der Waals surface area contributed by atoms with Crippen molar-refractivity contribution in [1.29, 1.82) is 0 Å². The highest BCUT2D eigenvalue weighted by molar-refractivity contribution is 6.14. The first-order chi connectivity index (χ1) is 12.8. The highest BCUT2D eigenvalue weighted by atomic mass is 16.1. The van der Waals surface area contributed by atoms with E-state index in [1.807, 2.05) is 72.8 Å².